The van der Waals surface area contributed by atoms with E-state index in [4.69, 9.17) is 0 Å². The molecule has 0 heterocycles. The van der Waals surface area contributed by atoms with E-state index in [1.807, 2.05) is 0 Å². The molecule has 0 aliphatic heterocycles. The molecule has 169 valence electrons. The van der Waals surface area contributed by atoms with E-state index in [0.29, 0.717) is 16.6 Å². The molecule has 0 amide bonds. The highest BCUT2D eigenvalue weighted by molar-refractivity contribution is 6.76. The van der Waals surface area contributed by atoms with Crippen molar-refractivity contribution in [3.05, 3.63) is 0 Å². The largest absolute Gasteiger partial charge is 0.296 e. The molecule has 0 bridgehead atoms. The Bertz CT molecular complexity index is 333. The molecular weight excluding hydrogens is 368 g/mol. The lowest BCUT2D eigenvalue weighted by atomic mass is 10.1. The topological polar surface area (TPSA) is 19.9 Å². The summed E-state index contributed by atoms with van der Waals surface area (Å²) in [6.45, 7) is 0. The zero-order valence-corrected chi connectivity index (χ0v) is 20.6. The average Bonchev–Trinajstić information content (AvgIpc) is 3.04. The van der Waals surface area contributed by atoms with Gasteiger partial charge in [-0.2, -0.15) is 0 Å². The lowest BCUT2D eigenvalue weighted by Gasteiger charge is -2.44. The summed E-state index contributed by atoms with van der Waals surface area (Å²) in [6.07, 6.45) is 33.0. The predicted octanol–water partition coefficient (Wildman–Crippen LogP) is 9.88. The van der Waals surface area contributed by atoms with Crippen molar-refractivity contribution in [3.63, 3.8) is 0 Å². The Hall–Kier alpha value is 0.177. The molecular formula is C27H51OSi. The van der Waals surface area contributed by atoms with Crippen molar-refractivity contribution >= 4 is 8.32 Å². The molecule has 0 N–H and O–H groups in total. The van der Waals surface area contributed by atoms with Crippen LogP contribution in [0.2, 0.25) is 16.6 Å². The van der Waals surface area contributed by atoms with Crippen molar-refractivity contribution in [3.8, 4) is 0 Å². The summed E-state index contributed by atoms with van der Waals surface area (Å²) in [5, 5.41) is 0. The Morgan fingerprint density at radius 3 is 0.690 bits per heavy atom. The van der Waals surface area contributed by atoms with Crippen LogP contribution in [0.3, 0.4) is 0 Å². The van der Waals surface area contributed by atoms with Crippen LogP contribution in [0.4, 0.5) is 0 Å². The second-order valence-electron chi connectivity index (χ2n) is 11.0. The van der Waals surface area contributed by atoms with Crippen LogP contribution in [0.25, 0.3) is 0 Å². The molecule has 0 aromatic carbocycles. The van der Waals surface area contributed by atoms with Gasteiger partial charge in [-0.25, -0.2) is 0 Å². The van der Waals surface area contributed by atoms with Crippen LogP contribution in [0.1, 0.15) is 154 Å². The van der Waals surface area contributed by atoms with E-state index >= 15 is 4.80 Å². The van der Waals surface area contributed by atoms with Crippen molar-refractivity contribution < 1.29 is 4.80 Å². The first-order chi connectivity index (χ1) is 14.3. The van der Waals surface area contributed by atoms with Gasteiger partial charge in [0.15, 0.2) is 0 Å². The highest BCUT2D eigenvalue weighted by Gasteiger charge is 2.53. The third-order valence-electron chi connectivity index (χ3n) is 8.98. The first-order valence-electron chi connectivity index (χ1n) is 14.0. The van der Waals surface area contributed by atoms with Gasteiger partial charge in [0.1, 0.15) is 0 Å². The van der Waals surface area contributed by atoms with Crippen LogP contribution in [-0.2, 0) is 4.80 Å². The predicted molar refractivity (Wildman–Crippen MR) is 128 cm³/mol. The van der Waals surface area contributed by atoms with Crippen molar-refractivity contribution in [1.29, 1.82) is 0 Å². The maximum Gasteiger partial charge on any atom is 0.246 e. The summed E-state index contributed by atoms with van der Waals surface area (Å²) in [6, 6.07) is 0. The standard InChI is InChI=1S/C27H51OSi/c28-29(25-19-13-7-1-2-8-14-20-25,26-21-15-9-3-4-10-16-22-26)27-23-17-11-5-6-12-18-24-27/h25-27H,1-24H2. The lowest BCUT2D eigenvalue weighted by molar-refractivity contribution is 0.320. The number of rotatable bonds is 3. The van der Waals surface area contributed by atoms with Crippen molar-refractivity contribution in [2.45, 2.75) is 171 Å². The van der Waals surface area contributed by atoms with Gasteiger partial charge in [0.05, 0.1) is 0 Å². The van der Waals surface area contributed by atoms with Gasteiger partial charge in [-0.3, -0.25) is 4.80 Å². The number of hydrogen-bond acceptors (Lipinski definition) is 0. The van der Waals surface area contributed by atoms with Crippen LogP contribution < -0.4 is 0 Å². The second-order valence-corrected chi connectivity index (χ2v) is 15.2. The van der Waals surface area contributed by atoms with Crippen LogP contribution in [0.15, 0.2) is 0 Å². The molecule has 0 unspecified atom stereocenters. The van der Waals surface area contributed by atoms with E-state index in [9.17, 15) is 0 Å². The first-order valence-corrected chi connectivity index (χ1v) is 16.2. The Balaban J connectivity index is 1.83. The van der Waals surface area contributed by atoms with Crippen molar-refractivity contribution in [2.24, 2.45) is 0 Å². The van der Waals surface area contributed by atoms with Crippen LogP contribution in [-0.4, -0.2) is 8.32 Å². The summed E-state index contributed by atoms with van der Waals surface area (Å²) < 4.78 is 0. The molecule has 3 aliphatic rings. The van der Waals surface area contributed by atoms with E-state index in [-0.39, 0.29) is 0 Å². The van der Waals surface area contributed by atoms with Crippen LogP contribution in [0.5, 0.6) is 0 Å². The quantitative estimate of drug-likeness (QED) is 0.405. The van der Waals surface area contributed by atoms with Crippen LogP contribution >= 0.6 is 0 Å². The van der Waals surface area contributed by atoms with Crippen molar-refractivity contribution in [2.75, 3.05) is 0 Å². The van der Waals surface area contributed by atoms with Gasteiger partial charge in [0, 0.05) is 0 Å². The zero-order valence-electron chi connectivity index (χ0n) is 19.6. The molecule has 0 aromatic heterocycles. The van der Waals surface area contributed by atoms with E-state index in [1.54, 1.807) is 0 Å². The van der Waals surface area contributed by atoms with E-state index in [2.05, 4.69) is 0 Å². The SMILES string of the molecule is [O][Si](C1CCCCCCCC1)(C1CCCCCCCC1)C1CCCCCCCC1. The molecule has 2 heteroatoms. The maximum absolute atomic E-state index is 15.4. The maximum atomic E-state index is 15.4. The fourth-order valence-electron chi connectivity index (χ4n) is 7.25. The molecule has 29 heavy (non-hydrogen) atoms. The fourth-order valence-corrected chi connectivity index (χ4v) is 13.2. The highest BCUT2D eigenvalue weighted by atomic mass is 28.4. The fraction of sp³-hybridized carbons (Fsp3) is 1.00. The van der Waals surface area contributed by atoms with Gasteiger partial charge in [-0.1, -0.05) is 154 Å². The third-order valence-corrected chi connectivity index (χ3v) is 14.5. The van der Waals surface area contributed by atoms with Crippen molar-refractivity contribution in [1.82, 2.24) is 0 Å². The van der Waals surface area contributed by atoms with Crippen LogP contribution in [0, 0.1) is 0 Å². The van der Waals surface area contributed by atoms with Gasteiger partial charge in [-0.05, 0) is 16.6 Å². The molecule has 1 nitrogen and oxygen atoms in total. The highest BCUT2D eigenvalue weighted by Crippen LogP contribution is 2.53. The average molecular weight is 420 g/mol. The van der Waals surface area contributed by atoms with E-state index in [0.717, 1.165) is 0 Å². The van der Waals surface area contributed by atoms with E-state index < -0.39 is 8.32 Å². The third kappa shape index (κ3) is 7.37. The molecule has 0 atom stereocenters. The summed E-state index contributed by atoms with van der Waals surface area (Å²) in [4.78, 5) is 15.4. The molecule has 3 fully saturated rings. The molecule has 0 spiro atoms. The minimum atomic E-state index is -2.53. The normalized spacial score (nSPS) is 27.2. The van der Waals surface area contributed by atoms with Gasteiger partial charge in [0.25, 0.3) is 0 Å². The lowest BCUT2D eigenvalue weighted by Crippen LogP contribution is -2.48. The van der Waals surface area contributed by atoms with Gasteiger partial charge in [-0.15, -0.1) is 0 Å². The molecule has 3 saturated carbocycles. The smallest absolute Gasteiger partial charge is 0.246 e. The molecule has 0 saturated heterocycles. The molecule has 1 radical (unpaired) electrons. The molecule has 3 rings (SSSR count). The molecule has 0 aromatic rings. The first kappa shape index (κ1) is 23.8. The Morgan fingerprint density at radius 2 is 0.483 bits per heavy atom. The van der Waals surface area contributed by atoms with Gasteiger partial charge in [0.2, 0.25) is 8.32 Å². The second kappa shape index (κ2) is 13.6. The minimum absolute atomic E-state index is 0.608. The van der Waals surface area contributed by atoms with E-state index in [1.165, 1.54) is 154 Å². The summed E-state index contributed by atoms with van der Waals surface area (Å²) in [5.41, 5.74) is 1.83. The summed E-state index contributed by atoms with van der Waals surface area (Å²) >= 11 is 0. The monoisotopic (exact) mass is 419 g/mol. The van der Waals surface area contributed by atoms with Gasteiger partial charge >= 0.3 is 0 Å². The van der Waals surface area contributed by atoms with Gasteiger partial charge < -0.3 is 0 Å². The Kier molecular flexibility index (Phi) is 11.1. The Morgan fingerprint density at radius 1 is 0.310 bits per heavy atom. The molecule has 3 aliphatic carbocycles. The summed E-state index contributed by atoms with van der Waals surface area (Å²) in [7, 11) is -2.53. The minimum Gasteiger partial charge on any atom is -0.296 e. The number of hydrogen-bond donors (Lipinski definition) is 0. The zero-order chi connectivity index (χ0) is 20.2. The Labute approximate surface area is 184 Å². The summed E-state index contributed by atoms with van der Waals surface area (Å²) in [5.74, 6) is 0.